The van der Waals surface area contributed by atoms with E-state index in [0.717, 1.165) is 54.8 Å². The quantitative estimate of drug-likeness (QED) is 0.172. The molecule has 0 amide bonds. The summed E-state index contributed by atoms with van der Waals surface area (Å²) in [5.74, 6) is 5.07. The van der Waals surface area contributed by atoms with E-state index in [1.807, 2.05) is 0 Å². The van der Waals surface area contributed by atoms with Crippen LogP contribution in [0, 0.1) is 52.3 Å². The standard InChI is InChI=1S/C34H57N5O2/c1-18(2)7-6-8-19(3)23-11-12-24-22-10-9-20-17-21(13-15-33(20,4)25(22)14-16-34(23,24)5)41-32(40)26-27(35)29(37)31(39)30(38)28(26)36/h18-25H,6-17,35-39H2,1-5H3/t19?,20?,21?,22?,23?,24?,25?,33-,34+/m0/s1. The normalized spacial score (nSPS) is 37.2. The predicted octanol–water partition coefficient (Wildman–Crippen LogP) is 7.24. The fourth-order valence-electron chi connectivity index (χ4n) is 10.6. The molecule has 0 saturated heterocycles. The average molecular weight is 568 g/mol. The van der Waals surface area contributed by atoms with Crippen molar-refractivity contribution >= 4 is 34.4 Å². The molecule has 1 aromatic carbocycles. The fraction of sp³-hybridized carbons (Fsp3) is 0.794. The van der Waals surface area contributed by atoms with E-state index < -0.39 is 5.97 Å². The fourth-order valence-corrected chi connectivity index (χ4v) is 10.6. The van der Waals surface area contributed by atoms with E-state index in [9.17, 15) is 4.79 Å². The molecule has 4 aliphatic rings. The Balaban J connectivity index is 1.25. The maximum Gasteiger partial charge on any atom is 0.342 e. The zero-order valence-electron chi connectivity index (χ0n) is 26.3. The van der Waals surface area contributed by atoms with Gasteiger partial charge in [0.1, 0.15) is 11.7 Å². The van der Waals surface area contributed by atoms with Crippen LogP contribution in [0.25, 0.3) is 0 Å². The molecule has 4 aliphatic carbocycles. The van der Waals surface area contributed by atoms with Crippen LogP contribution in [0.2, 0.25) is 0 Å². The van der Waals surface area contributed by atoms with E-state index in [1.165, 1.54) is 57.8 Å². The van der Waals surface area contributed by atoms with Gasteiger partial charge in [-0.3, -0.25) is 0 Å². The smallest absolute Gasteiger partial charge is 0.342 e. The van der Waals surface area contributed by atoms with Crippen molar-refractivity contribution < 1.29 is 9.53 Å². The first-order valence-electron chi connectivity index (χ1n) is 16.5. The third-order valence-corrected chi connectivity index (χ3v) is 13.0. The van der Waals surface area contributed by atoms with E-state index in [4.69, 9.17) is 33.4 Å². The Hall–Kier alpha value is -2.31. The molecule has 0 bridgehead atoms. The zero-order chi connectivity index (χ0) is 29.9. The molecule has 0 spiro atoms. The minimum absolute atomic E-state index is 0.0482. The number of esters is 1. The van der Waals surface area contributed by atoms with Gasteiger partial charge in [-0.05, 0) is 110 Å². The number of benzene rings is 1. The molecule has 0 aliphatic heterocycles. The van der Waals surface area contributed by atoms with E-state index in [2.05, 4.69) is 34.6 Å². The molecule has 9 atom stereocenters. The number of rotatable bonds is 7. The van der Waals surface area contributed by atoms with Gasteiger partial charge >= 0.3 is 5.97 Å². The molecule has 4 saturated carbocycles. The summed E-state index contributed by atoms with van der Waals surface area (Å²) in [5, 5.41) is 0. The first-order valence-corrected chi connectivity index (χ1v) is 16.5. The second-order valence-corrected chi connectivity index (χ2v) is 15.4. The lowest BCUT2D eigenvalue weighted by Gasteiger charge is -2.61. The minimum Gasteiger partial charge on any atom is -0.459 e. The summed E-state index contributed by atoms with van der Waals surface area (Å²) in [6.07, 6.45) is 15.0. The number of fused-ring (bicyclic) bond motifs is 5. The van der Waals surface area contributed by atoms with Crippen molar-refractivity contribution in [2.24, 2.45) is 52.3 Å². The molecule has 0 heterocycles. The highest BCUT2D eigenvalue weighted by molar-refractivity contribution is 6.10. The number of ether oxygens (including phenoxy) is 1. The number of nitrogens with two attached hydrogens (primary N) is 5. The van der Waals surface area contributed by atoms with Gasteiger partial charge in [0.25, 0.3) is 0 Å². The van der Waals surface area contributed by atoms with Crippen molar-refractivity contribution in [3.8, 4) is 0 Å². The molecule has 1 aromatic rings. The summed E-state index contributed by atoms with van der Waals surface area (Å²) in [5.41, 5.74) is 31.4. The Labute approximate surface area is 248 Å². The minimum atomic E-state index is -0.548. The van der Waals surface area contributed by atoms with Crippen LogP contribution < -0.4 is 28.7 Å². The van der Waals surface area contributed by atoms with E-state index >= 15 is 0 Å². The first kappa shape index (κ1) is 30.2. The molecule has 7 unspecified atom stereocenters. The lowest BCUT2D eigenvalue weighted by atomic mass is 9.44. The maximum atomic E-state index is 13.2. The van der Waals surface area contributed by atoms with Crippen LogP contribution in [0.3, 0.4) is 0 Å². The number of hydrogen-bond donors (Lipinski definition) is 5. The SMILES string of the molecule is CC(C)CCCC(C)C1CCC2C3CCC4CC(OC(=O)c5c(N)c(N)c(N)c(N)c5N)CC[C@]4(C)C3CC[C@]12C. The lowest BCUT2D eigenvalue weighted by molar-refractivity contribution is -0.130. The zero-order valence-corrected chi connectivity index (χ0v) is 26.3. The lowest BCUT2D eigenvalue weighted by Crippen LogP contribution is -2.54. The highest BCUT2D eigenvalue weighted by Crippen LogP contribution is 2.68. The van der Waals surface area contributed by atoms with Crippen molar-refractivity contribution in [2.75, 3.05) is 28.7 Å². The number of hydrogen-bond acceptors (Lipinski definition) is 7. The number of carbonyl (C=O) groups excluding carboxylic acids is 1. The van der Waals surface area contributed by atoms with Crippen molar-refractivity contribution in [1.82, 2.24) is 0 Å². The molecular formula is C34H57N5O2. The van der Waals surface area contributed by atoms with Gasteiger partial charge in [-0.25, -0.2) is 4.79 Å². The van der Waals surface area contributed by atoms with Gasteiger partial charge in [0.15, 0.2) is 0 Å². The Morgan fingerprint density at radius 3 is 2.05 bits per heavy atom. The summed E-state index contributed by atoms with van der Waals surface area (Å²) in [6, 6.07) is 0. The van der Waals surface area contributed by atoms with Gasteiger partial charge in [-0.15, -0.1) is 0 Å². The van der Waals surface area contributed by atoms with Crippen LogP contribution >= 0.6 is 0 Å². The summed E-state index contributed by atoms with van der Waals surface area (Å²) < 4.78 is 6.04. The monoisotopic (exact) mass is 567 g/mol. The summed E-state index contributed by atoms with van der Waals surface area (Å²) in [4.78, 5) is 13.2. The number of carbonyl (C=O) groups is 1. The summed E-state index contributed by atoms with van der Waals surface area (Å²) in [6.45, 7) is 12.5. The largest absolute Gasteiger partial charge is 0.459 e. The molecule has 7 nitrogen and oxygen atoms in total. The molecule has 0 aromatic heterocycles. The van der Waals surface area contributed by atoms with Gasteiger partial charge in [0.05, 0.1) is 28.4 Å². The van der Waals surface area contributed by atoms with Crippen LogP contribution in [-0.4, -0.2) is 12.1 Å². The Kier molecular flexibility index (Phi) is 8.14. The molecule has 0 radical (unpaired) electrons. The maximum absolute atomic E-state index is 13.2. The second-order valence-electron chi connectivity index (χ2n) is 15.4. The van der Waals surface area contributed by atoms with Crippen molar-refractivity contribution in [1.29, 1.82) is 0 Å². The summed E-state index contributed by atoms with van der Waals surface area (Å²) >= 11 is 0. The van der Waals surface area contributed by atoms with Crippen molar-refractivity contribution in [3.63, 3.8) is 0 Å². The van der Waals surface area contributed by atoms with Gasteiger partial charge in [-0.1, -0.05) is 53.9 Å². The molecule has 7 heteroatoms. The highest BCUT2D eigenvalue weighted by atomic mass is 16.5. The molecule has 230 valence electrons. The first-order chi connectivity index (χ1) is 19.3. The molecule has 5 rings (SSSR count). The van der Waals surface area contributed by atoms with Crippen LogP contribution in [0.5, 0.6) is 0 Å². The van der Waals surface area contributed by atoms with E-state index in [-0.39, 0.29) is 40.1 Å². The number of anilines is 5. The van der Waals surface area contributed by atoms with Crippen LogP contribution in [0.15, 0.2) is 0 Å². The van der Waals surface area contributed by atoms with Gasteiger partial charge in [0, 0.05) is 0 Å². The Morgan fingerprint density at radius 2 is 1.39 bits per heavy atom. The van der Waals surface area contributed by atoms with Crippen LogP contribution in [0.1, 0.15) is 122 Å². The van der Waals surface area contributed by atoms with Gasteiger partial charge in [-0.2, -0.15) is 0 Å². The number of nitrogen functional groups attached to an aromatic ring is 5. The molecule has 41 heavy (non-hydrogen) atoms. The summed E-state index contributed by atoms with van der Waals surface area (Å²) in [7, 11) is 0. The van der Waals surface area contributed by atoms with Gasteiger partial charge < -0.3 is 33.4 Å². The average Bonchev–Trinajstić information content (AvgIpc) is 3.28. The van der Waals surface area contributed by atoms with Gasteiger partial charge in [0.2, 0.25) is 0 Å². The van der Waals surface area contributed by atoms with Crippen LogP contribution in [-0.2, 0) is 4.74 Å². The van der Waals surface area contributed by atoms with E-state index in [0.29, 0.717) is 16.7 Å². The predicted molar refractivity (Wildman–Crippen MR) is 171 cm³/mol. The third-order valence-electron chi connectivity index (χ3n) is 13.0. The molecular weight excluding hydrogens is 510 g/mol. The van der Waals surface area contributed by atoms with Crippen LogP contribution in [0.4, 0.5) is 28.4 Å². The second kappa shape index (κ2) is 11.1. The topological polar surface area (TPSA) is 156 Å². The third kappa shape index (κ3) is 5.03. The Bertz CT molecular complexity index is 1120. The Morgan fingerprint density at radius 1 is 0.780 bits per heavy atom. The molecule has 10 N–H and O–H groups in total. The van der Waals surface area contributed by atoms with E-state index in [1.54, 1.807) is 0 Å². The van der Waals surface area contributed by atoms with Crippen molar-refractivity contribution in [2.45, 2.75) is 118 Å². The van der Waals surface area contributed by atoms with Crippen molar-refractivity contribution in [3.05, 3.63) is 5.56 Å². The highest BCUT2D eigenvalue weighted by Gasteiger charge is 2.60. The molecule has 4 fully saturated rings.